The first kappa shape index (κ1) is 16.3. The van der Waals surface area contributed by atoms with E-state index in [0.29, 0.717) is 16.6 Å². The SMILES string of the molecule is Cc1cc(Cl)ccc1NC(=O)C(=O)NC(C)C1CC2CCC1C2. The predicted molar refractivity (Wildman–Crippen MR) is 91.4 cm³/mol. The summed E-state index contributed by atoms with van der Waals surface area (Å²) in [5, 5.41) is 6.14. The van der Waals surface area contributed by atoms with E-state index >= 15 is 0 Å². The minimum absolute atomic E-state index is 0.0508. The summed E-state index contributed by atoms with van der Waals surface area (Å²) in [6, 6.07) is 5.21. The van der Waals surface area contributed by atoms with Crippen molar-refractivity contribution in [1.29, 1.82) is 0 Å². The summed E-state index contributed by atoms with van der Waals surface area (Å²) in [5.74, 6) is 0.884. The Labute approximate surface area is 142 Å². The van der Waals surface area contributed by atoms with Gasteiger partial charge in [0.05, 0.1) is 0 Å². The van der Waals surface area contributed by atoms with E-state index < -0.39 is 11.8 Å². The van der Waals surface area contributed by atoms with Crippen molar-refractivity contribution in [2.75, 3.05) is 5.32 Å². The minimum Gasteiger partial charge on any atom is -0.345 e. The Morgan fingerprint density at radius 1 is 1.22 bits per heavy atom. The van der Waals surface area contributed by atoms with Crippen LogP contribution >= 0.6 is 11.6 Å². The lowest BCUT2D eigenvalue weighted by Gasteiger charge is -2.28. The van der Waals surface area contributed by atoms with E-state index in [1.807, 2.05) is 13.8 Å². The van der Waals surface area contributed by atoms with Crippen molar-refractivity contribution < 1.29 is 9.59 Å². The Balaban J connectivity index is 1.56. The molecule has 1 aromatic carbocycles. The molecule has 4 nitrogen and oxygen atoms in total. The zero-order valence-corrected chi connectivity index (χ0v) is 14.3. The molecule has 2 aliphatic rings. The summed E-state index contributed by atoms with van der Waals surface area (Å²) in [6.45, 7) is 3.86. The standard InChI is InChI=1S/C18H23ClN2O2/c1-10-7-14(19)5-6-16(10)21-18(23)17(22)20-11(2)15-9-12-3-4-13(15)8-12/h5-7,11-13,15H,3-4,8-9H2,1-2H3,(H,20,22)(H,21,23). The molecular weight excluding hydrogens is 312 g/mol. The van der Waals surface area contributed by atoms with Gasteiger partial charge < -0.3 is 10.6 Å². The maximum atomic E-state index is 12.1. The summed E-state index contributed by atoms with van der Waals surface area (Å²) < 4.78 is 0. The van der Waals surface area contributed by atoms with Crippen LogP contribution in [0.25, 0.3) is 0 Å². The molecule has 2 bridgehead atoms. The summed E-state index contributed by atoms with van der Waals surface area (Å²) in [7, 11) is 0. The number of fused-ring (bicyclic) bond motifs is 2. The van der Waals surface area contributed by atoms with Gasteiger partial charge in [0, 0.05) is 16.8 Å². The van der Waals surface area contributed by atoms with Gasteiger partial charge in [-0.3, -0.25) is 9.59 Å². The molecule has 1 aromatic rings. The molecule has 4 atom stereocenters. The average molecular weight is 335 g/mol. The van der Waals surface area contributed by atoms with Crippen molar-refractivity contribution in [2.45, 2.75) is 45.6 Å². The number of nitrogens with one attached hydrogen (secondary N) is 2. The van der Waals surface area contributed by atoms with Crippen molar-refractivity contribution in [2.24, 2.45) is 17.8 Å². The van der Waals surface area contributed by atoms with Gasteiger partial charge in [-0.2, -0.15) is 0 Å². The fourth-order valence-electron chi connectivity index (χ4n) is 4.23. The van der Waals surface area contributed by atoms with Crippen LogP contribution < -0.4 is 10.6 Å². The number of anilines is 1. The Morgan fingerprint density at radius 3 is 2.61 bits per heavy atom. The molecule has 2 saturated carbocycles. The fourth-order valence-corrected chi connectivity index (χ4v) is 4.46. The van der Waals surface area contributed by atoms with Gasteiger partial charge in [-0.15, -0.1) is 0 Å². The maximum absolute atomic E-state index is 12.1. The highest BCUT2D eigenvalue weighted by molar-refractivity contribution is 6.39. The van der Waals surface area contributed by atoms with Crippen molar-refractivity contribution >= 4 is 29.1 Å². The van der Waals surface area contributed by atoms with Gasteiger partial charge in [-0.1, -0.05) is 18.0 Å². The van der Waals surface area contributed by atoms with Crippen LogP contribution in [0.5, 0.6) is 0 Å². The molecule has 0 spiro atoms. The Morgan fingerprint density at radius 2 is 2.00 bits per heavy atom. The number of hydrogen-bond donors (Lipinski definition) is 2. The first-order chi connectivity index (χ1) is 10.9. The van der Waals surface area contributed by atoms with Crippen LogP contribution in [0.2, 0.25) is 5.02 Å². The van der Waals surface area contributed by atoms with E-state index in [9.17, 15) is 9.59 Å². The van der Waals surface area contributed by atoms with Crippen LogP contribution in [-0.4, -0.2) is 17.9 Å². The second-order valence-electron chi connectivity index (χ2n) is 7.01. The maximum Gasteiger partial charge on any atom is 0.313 e. The van der Waals surface area contributed by atoms with Gasteiger partial charge in [-0.05, 0) is 74.6 Å². The van der Waals surface area contributed by atoms with E-state index in [1.54, 1.807) is 18.2 Å². The molecule has 0 aliphatic heterocycles. The number of halogens is 1. The van der Waals surface area contributed by atoms with Crippen LogP contribution in [0.4, 0.5) is 5.69 Å². The number of rotatable bonds is 3. The molecule has 2 fully saturated rings. The normalized spacial score (nSPS) is 26.8. The molecule has 0 aromatic heterocycles. The van der Waals surface area contributed by atoms with Crippen molar-refractivity contribution in [3.05, 3.63) is 28.8 Å². The van der Waals surface area contributed by atoms with Crippen LogP contribution in [-0.2, 0) is 9.59 Å². The van der Waals surface area contributed by atoms with Crippen LogP contribution in [0.3, 0.4) is 0 Å². The monoisotopic (exact) mass is 334 g/mol. The van der Waals surface area contributed by atoms with Crippen molar-refractivity contribution in [3.8, 4) is 0 Å². The summed E-state index contributed by atoms with van der Waals surface area (Å²) >= 11 is 5.90. The lowest BCUT2D eigenvalue weighted by Crippen LogP contribution is -2.45. The molecule has 124 valence electrons. The van der Waals surface area contributed by atoms with Gasteiger partial charge in [0.2, 0.25) is 0 Å². The van der Waals surface area contributed by atoms with E-state index in [0.717, 1.165) is 17.4 Å². The van der Waals surface area contributed by atoms with Gasteiger partial charge in [0.25, 0.3) is 0 Å². The summed E-state index contributed by atoms with van der Waals surface area (Å²) in [6.07, 6.45) is 5.08. The van der Waals surface area contributed by atoms with Gasteiger partial charge in [-0.25, -0.2) is 0 Å². The molecule has 23 heavy (non-hydrogen) atoms. The van der Waals surface area contributed by atoms with Gasteiger partial charge in [0.15, 0.2) is 0 Å². The Kier molecular flexibility index (Phi) is 4.62. The molecule has 0 heterocycles. The van der Waals surface area contributed by atoms with Crippen LogP contribution in [0.15, 0.2) is 18.2 Å². The highest BCUT2D eigenvalue weighted by Gasteiger charge is 2.42. The highest BCUT2D eigenvalue weighted by atomic mass is 35.5. The number of carbonyl (C=O) groups excluding carboxylic acids is 2. The molecule has 4 unspecified atom stereocenters. The molecule has 2 N–H and O–H groups in total. The molecular formula is C18H23ClN2O2. The minimum atomic E-state index is -0.620. The summed E-state index contributed by atoms with van der Waals surface area (Å²) in [4.78, 5) is 24.3. The summed E-state index contributed by atoms with van der Waals surface area (Å²) in [5.41, 5.74) is 1.45. The molecule has 2 amide bonds. The number of amides is 2. The molecule has 0 saturated heterocycles. The predicted octanol–water partition coefficient (Wildman–Crippen LogP) is 3.53. The lowest BCUT2D eigenvalue weighted by atomic mass is 9.84. The highest BCUT2D eigenvalue weighted by Crippen LogP contribution is 2.49. The fraction of sp³-hybridized carbons (Fsp3) is 0.556. The number of carbonyl (C=O) groups is 2. The zero-order valence-electron chi connectivity index (χ0n) is 13.6. The zero-order chi connectivity index (χ0) is 16.6. The first-order valence-corrected chi connectivity index (χ1v) is 8.70. The van der Waals surface area contributed by atoms with E-state index in [-0.39, 0.29) is 6.04 Å². The number of hydrogen-bond acceptors (Lipinski definition) is 2. The van der Waals surface area contributed by atoms with Crippen LogP contribution in [0, 0.1) is 24.7 Å². The molecule has 5 heteroatoms. The van der Waals surface area contributed by atoms with Crippen LogP contribution in [0.1, 0.15) is 38.2 Å². The van der Waals surface area contributed by atoms with Gasteiger partial charge in [0.1, 0.15) is 0 Å². The smallest absolute Gasteiger partial charge is 0.313 e. The number of benzene rings is 1. The number of aryl methyl sites for hydroxylation is 1. The molecule has 0 radical (unpaired) electrons. The molecule has 2 aliphatic carbocycles. The first-order valence-electron chi connectivity index (χ1n) is 8.32. The third kappa shape index (κ3) is 3.52. The van der Waals surface area contributed by atoms with Gasteiger partial charge >= 0.3 is 11.8 Å². The quantitative estimate of drug-likeness (QED) is 0.831. The van der Waals surface area contributed by atoms with E-state index in [2.05, 4.69) is 10.6 Å². The largest absolute Gasteiger partial charge is 0.345 e. The second kappa shape index (κ2) is 6.52. The van der Waals surface area contributed by atoms with Crippen molar-refractivity contribution in [1.82, 2.24) is 5.32 Å². The van der Waals surface area contributed by atoms with Crippen molar-refractivity contribution in [3.63, 3.8) is 0 Å². The third-order valence-corrected chi connectivity index (χ3v) is 5.67. The Bertz CT molecular complexity index is 631. The average Bonchev–Trinajstić information content (AvgIpc) is 3.12. The lowest BCUT2D eigenvalue weighted by molar-refractivity contribution is -0.136. The second-order valence-corrected chi connectivity index (χ2v) is 7.45. The Hall–Kier alpha value is -1.55. The topological polar surface area (TPSA) is 58.2 Å². The molecule has 3 rings (SSSR count). The van der Waals surface area contributed by atoms with E-state index in [1.165, 1.54) is 25.7 Å². The van der Waals surface area contributed by atoms with E-state index in [4.69, 9.17) is 11.6 Å². The third-order valence-electron chi connectivity index (χ3n) is 5.44.